The van der Waals surface area contributed by atoms with Crippen molar-refractivity contribution in [3.8, 4) is 0 Å². The molecule has 0 aliphatic rings. The van der Waals surface area contributed by atoms with Crippen LogP contribution in [0.5, 0.6) is 0 Å². The molecule has 0 saturated carbocycles. The summed E-state index contributed by atoms with van der Waals surface area (Å²) >= 11 is 0. The molecule has 112 valence electrons. The summed E-state index contributed by atoms with van der Waals surface area (Å²) in [6.45, 7) is 0. The fourth-order valence-electron chi connectivity index (χ4n) is 2.29. The van der Waals surface area contributed by atoms with Crippen molar-refractivity contribution in [1.82, 2.24) is 0 Å². The predicted molar refractivity (Wildman–Crippen MR) is 80.4 cm³/mol. The zero-order chi connectivity index (χ0) is 15.7. The van der Waals surface area contributed by atoms with Gasteiger partial charge in [0.15, 0.2) is 0 Å². The van der Waals surface area contributed by atoms with Crippen molar-refractivity contribution in [1.29, 1.82) is 0 Å². The molecule has 2 aromatic carbocycles. The SMILES string of the molecule is O=P([O-])([O-])C(c1ccccc1)(c1ccccc1)P(=O)([O-])[O-].[Mg+2].[Mg+2]. The first-order chi connectivity index (χ1) is 9.71. The second kappa shape index (κ2) is 8.58. The molecule has 0 atom stereocenters. The van der Waals surface area contributed by atoms with Crippen molar-refractivity contribution in [2.45, 2.75) is 4.90 Å². The summed E-state index contributed by atoms with van der Waals surface area (Å²) in [5, 5.41) is 0. The van der Waals surface area contributed by atoms with Gasteiger partial charge in [-0.25, -0.2) is 0 Å². The third-order valence-corrected chi connectivity index (χ3v) is 7.23. The maximum atomic E-state index is 11.8. The maximum absolute atomic E-state index is 11.8. The largest absolute Gasteiger partial charge is 2.00 e. The third-order valence-electron chi connectivity index (χ3n) is 3.15. The minimum atomic E-state index is -5.86. The molecule has 10 heteroatoms. The predicted octanol–water partition coefficient (Wildman–Crippen LogP) is -1.05. The van der Waals surface area contributed by atoms with E-state index < -0.39 is 20.1 Å². The van der Waals surface area contributed by atoms with Crippen LogP contribution in [-0.2, 0) is 14.0 Å². The van der Waals surface area contributed by atoms with Crippen molar-refractivity contribution in [2.24, 2.45) is 0 Å². The molecule has 0 bridgehead atoms. The van der Waals surface area contributed by atoms with Crippen LogP contribution in [0.4, 0.5) is 0 Å². The summed E-state index contributed by atoms with van der Waals surface area (Å²) in [4.78, 5) is 44.1. The van der Waals surface area contributed by atoms with Crippen molar-refractivity contribution >= 4 is 61.3 Å². The van der Waals surface area contributed by atoms with Gasteiger partial charge in [0.05, 0.1) is 4.90 Å². The van der Waals surface area contributed by atoms with Gasteiger partial charge in [0, 0.05) is 0 Å². The van der Waals surface area contributed by atoms with Crippen LogP contribution in [0.1, 0.15) is 11.1 Å². The fourth-order valence-corrected chi connectivity index (χ4v) is 5.35. The van der Waals surface area contributed by atoms with E-state index in [-0.39, 0.29) is 57.2 Å². The Labute approximate surface area is 165 Å². The van der Waals surface area contributed by atoms with Gasteiger partial charge in [0.2, 0.25) is 0 Å². The van der Waals surface area contributed by atoms with E-state index in [9.17, 15) is 28.7 Å². The van der Waals surface area contributed by atoms with Crippen molar-refractivity contribution in [2.75, 3.05) is 0 Å². The van der Waals surface area contributed by atoms with Gasteiger partial charge in [-0.2, -0.15) is 0 Å². The Morgan fingerprint density at radius 1 is 0.609 bits per heavy atom. The molecule has 0 N–H and O–H groups in total. The smallest absolute Gasteiger partial charge is 0.810 e. The quantitative estimate of drug-likeness (QED) is 0.498. The van der Waals surface area contributed by atoms with Crippen LogP contribution in [0.15, 0.2) is 60.7 Å². The van der Waals surface area contributed by atoms with Gasteiger partial charge in [-0.15, -0.1) is 0 Å². The van der Waals surface area contributed by atoms with Crippen molar-refractivity contribution < 1.29 is 28.7 Å². The third kappa shape index (κ3) is 4.28. The van der Waals surface area contributed by atoms with Gasteiger partial charge < -0.3 is 28.7 Å². The van der Waals surface area contributed by atoms with Gasteiger partial charge in [0.1, 0.15) is 0 Å². The van der Waals surface area contributed by atoms with Crippen LogP contribution in [0.25, 0.3) is 0 Å². The summed E-state index contributed by atoms with van der Waals surface area (Å²) in [6, 6.07) is 13.0. The number of hydrogen-bond donors (Lipinski definition) is 0. The molecule has 0 aliphatic carbocycles. The van der Waals surface area contributed by atoms with E-state index in [2.05, 4.69) is 0 Å². The number of hydrogen-bond acceptors (Lipinski definition) is 6. The molecule has 0 aliphatic heterocycles. The molecule has 0 fully saturated rings. The second-order valence-corrected chi connectivity index (χ2v) is 8.08. The average Bonchev–Trinajstić information content (AvgIpc) is 2.38. The molecule has 0 radical (unpaired) electrons. The van der Waals surface area contributed by atoms with Crippen LogP contribution in [0.3, 0.4) is 0 Å². The molecule has 23 heavy (non-hydrogen) atoms. The molecule has 2 rings (SSSR count). The molecule has 6 nitrogen and oxygen atoms in total. The van der Waals surface area contributed by atoms with E-state index in [0.717, 1.165) is 24.3 Å². The van der Waals surface area contributed by atoms with Gasteiger partial charge in [-0.1, -0.05) is 60.7 Å². The molecule has 0 amide bonds. The minimum absolute atomic E-state index is 0. The van der Waals surface area contributed by atoms with E-state index in [1.165, 1.54) is 36.4 Å². The molecule has 0 saturated heterocycles. The number of rotatable bonds is 4. The van der Waals surface area contributed by atoms with Crippen LogP contribution in [0.2, 0.25) is 0 Å². The van der Waals surface area contributed by atoms with Gasteiger partial charge >= 0.3 is 46.1 Å². The average molecular weight is 373 g/mol. The van der Waals surface area contributed by atoms with Crippen LogP contribution < -0.4 is 19.6 Å². The molecule has 0 aromatic heterocycles. The second-order valence-electron chi connectivity index (χ2n) is 4.40. The first kappa shape index (κ1) is 23.3. The fraction of sp³-hybridized carbons (Fsp3) is 0.0769. The molecule has 2 aromatic rings. The molecule has 0 spiro atoms. The first-order valence-corrected chi connectivity index (χ1v) is 8.95. The van der Waals surface area contributed by atoms with Gasteiger partial charge in [-0.3, -0.25) is 0 Å². The Morgan fingerprint density at radius 3 is 1.09 bits per heavy atom. The molecular weight excluding hydrogens is 363 g/mol. The zero-order valence-electron chi connectivity index (χ0n) is 12.0. The summed E-state index contributed by atoms with van der Waals surface area (Å²) in [5.41, 5.74) is -0.754. The van der Waals surface area contributed by atoms with Crippen LogP contribution in [-0.4, -0.2) is 46.1 Å². The van der Waals surface area contributed by atoms with Crippen LogP contribution >= 0.6 is 15.2 Å². The topological polar surface area (TPSA) is 126 Å². The van der Waals surface area contributed by atoms with E-state index in [4.69, 9.17) is 0 Å². The zero-order valence-corrected chi connectivity index (χ0v) is 16.6. The summed E-state index contributed by atoms with van der Waals surface area (Å²) in [7, 11) is -11.7. The van der Waals surface area contributed by atoms with Crippen molar-refractivity contribution in [3.63, 3.8) is 0 Å². The summed E-state index contributed by atoms with van der Waals surface area (Å²) in [5.74, 6) is 0. The monoisotopic (exact) mass is 372 g/mol. The summed E-state index contributed by atoms with van der Waals surface area (Å²) < 4.78 is 23.6. The Morgan fingerprint density at radius 2 is 0.870 bits per heavy atom. The van der Waals surface area contributed by atoms with E-state index in [0.29, 0.717) is 0 Å². The van der Waals surface area contributed by atoms with Gasteiger partial charge in [0.25, 0.3) is 0 Å². The molecule has 0 unspecified atom stereocenters. The van der Waals surface area contributed by atoms with Crippen molar-refractivity contribution in [3.05, 3.63) is 71.8 Å². The first-order valence-electron chi connectivity index (χ1n) is 5.86. The standard InChI is InChI=1S/C13H14O6P2.2Mg/c14-20(15,16)13(21(17,18)19,11-7-3-1-4-8-11)12-9-5-2-6-10-12;;/h1-10H,(H2,14,15,16)(H2,17,18,19);;/q;2*+2/p-4. The Kier molecular flexibility index (Phi) is 8.68. The Hall–Kier alpha value is 0.272. The minimum Gasteiger partial charge on any atom is -0.810 e. The van der Waals surface area contributed by atoms with Gasteiger partial charge in [-0.05, 0) is 26.3 Å². The van der Waals surface area contributed by atoms with Crippen LogP contribution in [0, 0.1) is 0 Å². The number of benzene rings is 2. The van der Waals surface area contributed by atoms with E-state index in [1.807, 2.05) is 0 Å². The Balaban J connectivity index is 0.00000242. The van der Waals surface area contributed by atoms with E-state index >= 15 is 0 Å². The molecule has 0 heterocycles. The normalized spacial score (nSPS) is 12.0. The Bertz CT molecular complexity index is 650. The maximum Gasteiger partial charge on any atom is 2.00 e. The molecular formula is C13H10Mg2O6P2. The summed E-state index contributed by atoms with van der Waals surface area (Å²) in [6.07, 6.45) is 0. The van der Waals surface area contributed by atoms with E-state index in [1.54, 1.807) is 0 Å².